The highest BCUT2D eigenvalue weighted by atomic mass is 35.5. The summed E-state index contributed by atoms with van der Waals surface area (Å²) >= 11 is 5.92. The number of phenolic OH excluding ortho intramolecular Hbond substituents is 1. The summed E-state index contributed by atoms with van der Waals surface area (Å²) in [6.07, 6.45) is 1.30. The van der Waals surface area contributed by atoms with Gasteiger partial charge in [-0.15, -0.1) is 0 Å². The van der Waals surface area contributed by atoms with Gasteiger partial charge in [-0.3, -0.25) is 14.9 Å². The van der Waals surface area contributed by atoms with E-state index in [0.29, 0.717) is 5.56 Å². The average Bonchev–Trinajstić information content (AvgIpc) is 2.62. The second-order valence-electron chi connectivity index (χ2n) is 4.98. The summed E-state index contributed by atoms with van der Waals surface area (Å²) in [5.41, 5.74) is 0.139. The van der Waals surface area contributed by atoms with Crippen molar-refractivity contribution in [3.05, 3.63) is 62.7 Å². The van der Waals surface area contributed by atoms with Crippen molar-refractivity contribution in [2.45, 2.75) is 0 Å². The zero-order chi connectivity index (χ0) is 19.3. The number of benzene rings is 2. The molecule has 0 fully saturated rings. The maximum absolute atomic E-state index is 12.3. The monoisotopic (exact) mass is 373 g/mol. The molecule has 0 saturated heterocycles. The molecular weight excluding hydrogens is 362 g/mol. The van der Waals surface area contributed by atoms with Crippen molar-refractivity contribution in [2.24, 2.45) is 0 Å². The number of hydrogen-bond donors (Lipinski definition) is 2. The number of hydrogen-bond acceptors (Lipinski definition) is 6. The van der Waals surface area contributed by atoms with Gasteiger partial charge in [0.2, 0.25) is 0 Å². The molecule has 2 aromatic carbocycles. The van der Waals surface area contributed by atoms with E-state index in [4.69, 9.17) is 16.3 Å². The molecule has 8 nitrogen and oxygen atoms in total. The molecule has 26 heavy (non-hydrogen) atoms. The molecule has 0 aromatic heterocycles. The Balaban J connectivity index is 2.27. The lowest BCUT2D eigenvalue weighted by Gasteiger charge is -2.07. The van der Waals surface area contributed by atoms with E-state index in [1.807, 2.05) is 0 Å². The molecule has 1 amide bonds. The van der Waals surface area contributed by atoms with Crippen LogP contribution in [0.15, 0.2) is 42.0 Å². The third kappa shape index (κ3) is 4.28. The highest BCUT2D eigenvalue weighted by Crippen LogP contribution is 2.28. The average molecular weight is 374 g/mol. The van der Waals surface area contributed by atoms with E-state index in [1.54, 1.807) is 6.07 Å². The second-order valence-corrected chi connectivity index (χ2v) is 5.38. The van der Waals surface area contributed by atoms with Crippen LogP contribution >= 0.6 is 11.6 Å². The van der Waals surface area contributed by atoms with E-state index in [1.165, 1.54) is 43.5 Å². The topological polar surface area (TPSA) is 125 Å². The van der Waals surface area contributed by atoms with E-state index in [9.17, 15) is 25.3 Å². The molecule has 0 aliphatic rings. The van der Waals surface area contributed by atoms with Gasteiger partial charge in [0.15, 0.2) is 11.5 Å². The normalized spacial score (nSPS) is 10.7. The molecule has 0 aliphatic carbocycles. The van der Waals surface area contributed by atoms with Crippen LogP contribution in [0.3, 0.4) is 0 Å². The maximum Gasteiger partial charge on any atom is 0.271 e. The van der Waals surface area contributed by atoms with Crippen molar-refractivity contribution in [3.8, 4) is 17.6 Å². The van der Waals surface area contributed by atoms with E-state index in [0.717, 1.165) is 6.07 Å². The van der Waals surface area contributed by atoms with Gasteiger partial charge < -0.3 is 15.2 Å². The molecule has 2 N–H and O–H groups in total. The van der Waals surface area contributed by atoms with E-state index in [-0.39, 0.29) is 33.5 Å². The molecule has 9 heteroatoms. The van der Waals surface area contributed by atoms with Crippen LogP contribution in [-0.2, 0) is 4.79 Å². The molecule has 0 spiro atoms. The quantitative estimate of drug-likeness (QED) is 0.357. The number of nitriles is 1. The van der Waals surface area contributed by atoms with Crippen molar-refractivity contribution in [1.29, 1.82) is 5.26 Å². The van der Waals surface area contributed by atoms with E-state index in [2.05, 4.69) is 5.32 Å². The third-order valence-corrected chi connectivity index (χ3v) is 3.60. The first-order chi connectivity index (χ1) is 12.3. The number of nitrogens with one attached hydrogen (secondary N) is 1. The number of ether oxygens (including phenoxy) is 1. The summed E-state index contributed by atoms with van der Waals surface area (Å²) in [4.78, 5) is 22.4. The molecule has 0 atom stereocenters. The number of carbonyl (C=O) groups is 1. The highest BCUT2D eigenvalue weighted by molar-refractivity contribution is 6.34. The predicted molar refractivity (Wildman–Crippen MR) is 95.0 cm³/mol. The lowest BCUT2D eigenvalue weighted by molar-refractivity contribution is -0.384. The minimum absolute atomic E-state index is 0.0313. The van der Waals surface area contributed by atoms with Gasteiger partial charge in [-0.1, -0.05) is 17.7 Å². The number of amides is 1. The van der Waals surface area contributed by atoms with Gasteiger partial charge in [0.1, 0.15) is 11.6 Å². The number of anilines is 1. The van der Waals surface area contributed by atoms with Gasteiger partial charge in [-0.25, -0.2) is 0 Å². The van der Waals surface area contributed by atoms with Crippen LogP contribution in [-0.4, -0.2) is 23.0 Å². The number of halogens is 1. The minimum Gasteiger partial charge on any atom is -0.504 e. The summed E-state index contributed by atoms with van der Waals surface area (Å²) in [6.45, 7) is 0. The second kappa shape index (κ2) is 8.00. The van der Waals surface area contributed by atoms with Crippen LogP contribution < -0.4 is 10.1 Å². The Hall–Kier alpha value is -3.57. The lowest BCUT2D eigenvalue weighted by Crippen LogP contribution is -2.13. The molecule has 0 radical (unpaired) electrons. The first-order valence-electron chi connectivity index (χ1n) is 7.09. The number of nitrogens with zero attached hydrogens (tertiary/aromatic N) is 2. The first kappa shape index (κ1) is 18.8. The number of phenols is 1. The summed E-state index contributed by atoms with van der Waals surface area (Å²) in [6, 6.07) is 9.64. The van der Waals surface area contributed by atoms with E-state index >= 15 is 0 Å². The number of carbonyl (C=O) groups excluding carboxylic acids is 1. The smallest absolute Gasteiger partial charge is 0.271 e. The largest absolute Gasteiger partial charge is 0.504 e. The Morgan fingerprint density at radius 3 is 2.69 bits per heavy atom. The maximum atomic E-state index is 12.3. The van der Waals surface area contributed by atoms with E-state index < -0.39 is 10.8 Å². The fourth-order valence-corrected chi connectivity index (χ4v) is 2.23. The molecule has 0 aliphatic heterocycles. The van der Waals surface area contributed by atoms with Crippen LogP contribution in [0, 0.1) is 21.4 Å². The van der Waals surface area contributed by atoms with Crippen molar-refractivity contribution in [1.82, 2.24) is 0 Å². The van der Waals surface area contributed by atoms with Crippen LogP contribution in [0.1, 0.15) is 5.56 Å². The molecule has 2 rings (SSSR count). The molecule has 0 bridgehead atoms. The number of methoxy groups -OCH3 is 1. The summed E-state index contributed by atoms with van der Waals surface area (Å²) in [7, 11) is 1.37. The van der Waals surface area contributed by atoms with Gasteiger partial charge in [0.25, 0.3) is 11.6 Å². The molecule has 0 saturated carbocycles. The molecule has 132 valence electrons. The Morgan fingerprint density at radius 1 is 1.38 bits per heavy atom. The zero-order valence-electron chi connectivity index (χ0n) is 13.4. The molecule has 0 heterocycles. The van der Waals surface area contributed by atoms with Crippen molar-refractivity contribution < 1.29 is 19.6 Å². The van der Waals surface area contributed by atoms with Gasteiger partial charge in [0.05, 0.1) is 22.7 Å². The van der Waals surface area contributed by atoms with Gasteiger partial charge in [-0.05, 0) is 29.8 Å². The number of nitro groups is 1. The van der Waals surface area contributed by atoms with Crippen LogP contribution in [0.2, 0.25) is 5.02 Å². The SMILES string of the molecule is COc1cc(/C=C(\C#N)C(=O)Nc2ccc([N+](=O)[O-])cc2Cl)ccc1O. The summed E-state index contributed by atoms with van der Waals surface area (Å²) in [5, 5.41) is 31.9. The molecule has 2 aromatic rings. The highest BCUT2D eigenvalue weighted by Gasteiger charge is 2.14. The Morgan fingerprint density at radius 2 is 2.12 bits per heavy atom. The fraction of sp³-hybridized carbons (Fsp3) is 0.0588. The molecular formula is C17H12ClN3O5. The van der Waals surface area contributed by atoms with Gasteiger partial charge >= 0.3 is 0 Å². The van der Waals surface area contributed by atoms with Crippen LogP contribution in [0.5, 0.6) is 11.5 Å². The zero-order valence-corrected chi connectivity index (χ0v) is 14.1. The number of rotatable bonds is 5. The van der Waals surface area contributed by atoms with Crippen LogP contribution in [0.25, 0.3) is 6.08 Å². The third-order valence-electron chi connectivity index (χ3n) is 3.29. The number of non-ortho nitro benzene ring substituents is 1. The Labute approximate surface area is 153 Å². The lowest BCUT2D eigenvalue weighted by atomic mass is 10.1. The summed E-state index contributed by atoms with van der Waals surface area (Å²) < 4.78 is 4.97. The standard InChI is InChI=1S/C17H12ClN3O5/c1-26-16-7-10(2-5-15(16)22)6-11(9-19)17(23)20-14-4-3-12(21(24)25)8-13(14)18/h2-8,22H,1H3,(H,20,23)/b11-6+. The predicted octanol–water partition coefficient (Wildman–Crippen LogP) is 3.51. The van der Waals surface area contributed by atoms with Crippen LogP contribution in [0.4, 0.5) is 11.4 Å². The van der Waals surface area contributed by atoms with Crippen molar-refractivity contribution >= 4 is 35.0 Å². The first-order valence-corrected chi connectivity index (χ1v) is 7.47. The minimum atomic E-state index is -0.740. The molecule has 0 unspecified atom stereocenters. The van der Waals surface area contributed by atoms with Gasteiger partial charge in [-0.2, -0.15) is 5.26 Å². The summed E-state index contributed by atoms with van der Waals surface area (Å²) in [5.74, 6) is -0.629. The fourth-order valence-electron chi connectivity index (χ4n) is 2.01. The Bertz CT molecular complexity index is 950. The van der Waals surface area contributed by atoms with Crippen molar-refractivity contribution in [3.63, 3.8) is 0 Å². The number of aromatic hydroxyl groups is 1. The van der Waals surface area contributed by atoms with Gasteiger partial charge in [0, 0.05) is 12.1 Å². The number of nitro benzene ring substituents is 1. The van der Waals surface area contributed by atoms with Crippen molar-refractivity contribution in [2.75, 3.05) is 12.4 Å². The Kier molecular flexibility index (Phi) is 5.78.